The third-order valence-electron chi connectivity index (χ3n) is 3.29. The summed E-state index contributed by atoms with van der Waals surface area (Å²) in [6.07, 6.45) is 1.66. The van der Waals surface area contributed by atoms with Gasteiger partial charge < -0.3 is 4.90 Å². The van der Waals surface area contributed by atoms with E-state index in [-0.39, 0.29) is 10.8 Å². The average molecular weight is 361 g/mol. The number of ketones is 1. The van der Waals surface area contributed by atoms with E-state index in [1.807, 2.05) is 38.4 Å². The van der Waals surface area contributed by atoms with Gasteiger partial charge in [-0.3, -0.25) is 4.79 Å². The molecule has 0 saturated carbocycles. The Morgan fingerprint density at radius 2 is 1.71 bits per heavy atom. The Labute approximate surface area is 149 Å². The van der Waals surface area contributed by atoms with Crippen molar-refractivity contribution in [3.8, 4) is 0 Å². The second-order valence-electron chi connectivity index (χ2n) is 5.41. The van der Waals surface area contributed by atoms with Crippen molar-refractivity contribution < 1.29 is 4.79 Å². The molecule has 0 aliphatic rings. The Morgan fingerprint density at radius 1 is 1.08 bits per heavy atom. The molecule has 0 amide bonds. The predicted molar refractivity (Wildman–Crippen MR) is 96.3 cm³/mol. The van der Waals surface area contributed by atoms with E-state index in [1.54, 1.807) is 23.2 Å². The highest BCUT2D eigenvalue weighted by Gasteiger charge is 2.20. The number of hydrogen-bond donors (Lipinski definition) is 0. The maximum absolute atomic E-state index is 13.0. The van der Waals surface area contributed by atoms with Crippen LogP contribution in [-0.4, -0.2) is 39.8 Å². The first-order valence-corrected chi connectivity index (χ1v) is 7.92. The van der Waals surface area contributed by atoms with Gasteiger partial charge in [0.1, 0.15) is 16.7 Å². The lowest BCUT2D eigenvalue weighted by Gasteiger charge is -2.11. The first-order chi connectivity index (χ1) is 11.5. The van der Waals surface area contributed by atoms with Crippen molar-refractivity contribution in [3.05, 3.63) is 64.3 Å². The summed E-state index contributed by atoms with van der Waals surface area (Å²) in [6.45, 7) is 0. The Balaban J connectivity index is 2.11. The van der Waals surface area contributed by atoms with Crippen molar-refractivity contribution in [1.82, 2.24) is 19.9 Å². The van der Waals surface area contributed by atoms with Crippen LogP contribution in [0.25, 0.3) is 16.7 Å². The van der Waals surface area contributed by atoms with Crippen LogP contribution in [0.15, 0.2) is 48.7 Å². The van der Waals surface area contributed by atoms with Gasteiger partial charge in [0.25, 0.3) is 0 Å². The van der Waals surface area contributed by atoms with Gasteiger partial charge in [-0.2, -0.15) is 0 Å². The summed E-state index contributed by atoms with van der Waals surface area (Å²) in [4.78, 5) is 16.1. The number of benzene rings is 2. The number of fused-ring (bicyclic) bond motifs is 1. The molecule has 2 aromatic carbocycles. The topological polar surface area (TPSA) is 51.0 Å². The molecule has 0 N–H and O–H groups in total. The van der Waals surface area contributed by atoms with Gasteiger partial charge in [0, 0.05) is 30.9 Å². The van der Waals surface area contributed by atoms with E-state index in [0.717, 1.165) is 0 Å². The zero-order chi connectivity index (χ0) is 17.3. The molecule has 3 aromatic rings. The van der Waals surface area contributed by atoms with E-state index in [2.05, 4.69) is 10.2 Å². The normalized spacial score (nSPS) is 11.8. The fourth-order valence-electron chi connectivity index (χ4n) is 2.22. The van der Waals surface area contributed by atoms with Crippen molar-refractivity contribution in [2.45, 2.75) is 0 Å². The predicted octanol–water partition coefficient (Wildman–Crippen LogP) is 3.98. The van der Waals surface area contributed by atoms with Crippen molar-refractivity contribution in [1.29, 1.82) is 0 Å². The smallest absolute Gasteiger partial charge is 0.216 e. The molecular weight excluding hydrogens is 347 g/mol. The highest BCUT2D eigenvalue weighted by atomic mass is 35.5. The largest absolute Gasteiger partial charge is 0.382 e. The summed E-state index contributed by atoms with van der Waals surface area (Å²) >= 11 is 12.1. The number of Topliss-reactive ketones (excluding diaryl/α,β-unsaturated/α-hetero) is 1. The average Bonchev–Trinajstić information content (AvgIpc) is 2.95. The summed E-state index contributed by atoms with van der Waals surface area (Å²) in [5, 5.41) is 9.52. The number of allylic oxidation sites excluding steroid dienone is 1. The lowest BCUT2D eigenvalue weighted by Crippen LogP contribution is -2.16. The third-order valence-corrected chi connectivity index (χ3v) is 3.84. The van der Waals surface area contributed by atoms with Gasteiger partial charge in [-0.15, -0.1) is 15.0 Å². The molecule has 1 aromatic heterocycles. The van der Waals surface area contributed by atoms with Gasteiger partial charge in [0.15, 0.2) is 0 Å². The van der Waals surface area contributed by atoms with E-state index in [9.17, 15) is 4.79 Å². The molecular formula is C17H14Cl2N4O. The highest BCUT2D eigenvalue weighted by molar-refractivity contribution is 6.39. The van der Waals surface area contributed by atoms with Crippen LogP contribution < -0.4 is 0 Å². The van der Waals surface area contributed by atoms with Gasteiger partial charge >= 0.3 is 0 Å². The van der Waals surface area contributed by atoms with Crippen LogP contribution in [0.3, 0.4) is 0 Å². The number of carbonyl (C=O) groups is 1. The second kappa shape index (κ2) is 6.63. The number of carbonyl (C=O) groups excluding carboxylic acids is 1. The van der Waals surface area contributed by atoms with Crippen LogP contribution >= 0.6 is 23.2 Å². The molecule has 0 bridgehead atoms. The summed E-state index contributed by atoms with van der Waals surface area (Å²) in [5.41, 5.74) is 2.05. The number of nitrogens with zero attached hydrogens (tertiary/aromatic N) is 4. The number of halogens is 2. The van der Waals surface area contributed by atoms with Crippen LogP contribution in [0.4, 0.5) is 0 Å². The molecule has 0 saturated heterocycles. The van der Waals surface area contributed by atoms with E-state index < -0.39 is 0 Å². The molecule has 0 spiro atoms. The molecule has 0 atom stereocenters. The standard InChI is InChI=1S/C17H14Cl2N4O/c1-22(2)10-16(17(24)12-8-7-11(18)9-13(12)19)23-20-14-5-3-4-6-15(14)21-23/h3-10H,1-2H3. The van der Waals surface area contributed by atoms with Crippen LogP contribution in [-0.2, 0) is 0 Å². The quantitative estimate of drug-likeness (QED) is 0.521. The van der Waals surface area contributed by atoms with Crippen LogP contribution in [0, 0.1) is 0 Å². The second-order valence-corrected chi connectivity index (χ2v) is 6.25. The SMILES string of the molecule is CN(C)C=C(C(=O)c1ccc(Cl)cc1Cl)n1nc2ccccc2n1. The molecule has 0 fully saturated rings. The lowest BCUT2D eigenvalue weighted by atomic mass is 10.1. The maximum Gasteiger partial charge on any atom is 0.216 e. The summed E-state index contributed by atoms with van der Waals surface area (Å²) < 4.78 is 0. The number of hydrogen-bond acceptors (Lipinski definition) is 4. The van der Waals surface area contributed by atoms with E-state index in [0.29, 0.717) is 27.3 Å². The first-order valence-electron chi connectivity index (χ1n) is 7.16. The molecule has 0 radical (unpaired) electrons. The van der Waals surface area contributed by atoms with Gasteiger partial charge in [-0.1, -0.05) is 35.3 Å². The van der Waals surface area contributed by atoms with E-state index in [1.165, 1.54) is 10.9 Å². The van der Waals surface area contributed by atoms with Crippen molar-refractivity contribution in [2.75, 3.05) is 14.1 Å². The molecule has 5 nitrogen and oxygen atoms in total. The minimum atomic E-state index is -0.286. The lowest BCUT2D eigenvalue weighted by molar-refractivity contribution is 0.104. The molecule has 24 heavy (non-hydrogen) atoms. The maximum atomic E-state index is 13.0. The highest BCUT2D eigenvalue weighted by Crippen LogP contribution is 2.25. The fraction of sp³-hybridized carbons (Fsp3) is 0.118. The molecule has 7 heteroatoms. The minimum absolute atomic E-state index is 0.286. The van der Waals surface area contributed by atoms with Gasteiger partial charge in [0.05, 0.1) is 5.02 Å². The first kappa shape index (κ1) is 16.5. The third kappa shape index (κ3) is 3.27. The fourth-order valence-corrected chi connectivity index (χ4v) is 2.72. The Morgan fingerprint density at radius 3 is 2.25 bits per heavy atom. The van der Waals surface area contributed by atoms with Gasteiger partial charge in [-0.05, 0) is 30.3 Å². The van der Waals surface area contributed by atoms with Crippen molar-refractivity contribution in [3.63, 3.8) is 0 Å². The Bertz CT molecular complexity index is 914. The summed E-state index contributed by atoms with van der Waals surface area (Å²) in [7, 11) is 3.64. The molecule has 122 valence electrons. The molecule has 1 heterocycles. The van der Waals surface area contributed by atoms with E-state index in [4.69, 9.17) is 23.2 Å². The molecule has 0 aliphatic carbocycles. The van der Waals surface area contributed by atoms with E-state index >= 15 is 0 Å². The van der Waals surface area contributed by atoms with Crippen LogP contribution in [0.1, 0.15) is 10.4 Å². The van der Waals surface area contributed by atoms with Crippen molar-refractivity contribution >= 4 is 45.7 Å². The zero-order valence-electron chi connectivity index (χ0n) is 13.1. The Hall–Kier alpha value is -2.37. The van der Waals surface area contributed by atoms with Crippen LogP contribution in [0.2, 0.25) is 10.0 Å². The summed E-state index contributed by atoms with van der Waals surface area (Å²) in [6, 6.07) is 12.2. The number of aromatic nitrogens is 3. The summed E-state index contributed by atoms with van der Waals surface area (Å²) in [5.74, 6) is -0.286. The minimum Gasteiger partial charge on any atom is -0.382 e. The Kier molecular flexibility index (Phi) is 4.55. The zero-order valence-corrected chi connectivity index (χ0v) is 14.6. The monoisotopic (exact) mass is 360 g/mol. The van der Waals surface area contributed by atoms with Gasteiger partial charge in [0.2, 0.25) is 5.78 Å². The van der Waals surface area contributed by atoms with Crippen LogP contribution in [0.5, 0.6) is 0 Å². The molecule has 0 aliphatic heterocycles. The molecule has 3 rings (SSSR count). The number of rotatable bonds is 4. The molecule has 0 unspecified atom stereocenters. The van der Waals surface area contributed by atoms with Gasteiger partial charge in [-0.25, -0.2) is 0 Å². The van der Waals surface area contributed by atoms with Crippen molar-refractivity contribution in [2.24, 2.45) is 0 Å².